The van der Waals surface area contributed by atoms with Crippen LogP contribution in [0.3, 0.4) is 0 Å². The Morgan fingerprint density at radius 3 is 3.00 bits per heavy atom. The van der Waals surface area contributed by atoms with Crippen LogP contribution in [0.5, 0.6) is 0 Å². The van der Waals surface area contributed by atoms with Crippen LogP contribution >= 0.6 is 11.3 Å². The number of benzene rings is 1. The van der Waals surface area contributed by atoms with Crippen LogP contribution in [0, 0.1) is 0 Å². The van der Waals surface area contributed by atoms with E-state index in [1.165, 1.54) is 11.3 Å². The van der Waals surface area contributed by atoms with E-state index in [4.69, 9.17) is 4.52 Å². The summed E-state index contributed by atoms with van der Waals surface area (Å²) in [6.45, 7) is 2.79. The quantitative estimate of drug-likeness (QED) is 0.579. The summed E-state index contributed by atoms with van der Waals surface area (Å²) in [5.41, 5.74) is 1.76. The summed E-state index contributed by atoms with van der Waals surface area (Å²) >= 11 is 1.53. The Kier molecular flexibility index (Phi) is 4.32. The van der Waals surface area contributed by atoms with Crippen molar-refractivity contribution < 1.29 is 9.32 Å². The third-order valence-corrected chi connectivity index (χ3v) is 4.73. The van der Waals surface area contributed by atoms with Crippen molar-refractivity contribution in [3.8, 4) is 22.0 Å². The van der Waals surface area contributed by atoms with E-state index in [9.17, 15) is 4.79 Å². The molecule has 4 aromatic rings. The highest BCUT2D eigenvalue weighted by atomic mass is 32.1. The van der Waals surface area contributed by atoms with Crippen LogP contribution in [-0.4, -0.2) is 25.8 Å². The fourth-order valence-corrected chi connectivity index (χ4v) is 3.23. The van der Waals surface area contributed by atoms with Gasteiger partial charge in [0.15, 0.2) is 17.3 Å². The molecule has 0 aliphatic carbocycles. The van der Waals surface area contributed by atoms with Gasteiger partial charge in [-0.3, -0.25) is 4.79 Å². The zero-order valence-electron chi connectivity index (χ0n) is 13.9. The summed E-state index contributed by atoms with van der Waals surface area (Å²) in [6, 6.07) is 12.9. The first-order chi connectivity index (χ1) is 12.7. The van der Waals surface area contributed by atoms with Crippen molar-refractivity contribution in [2.75, 3.05) is 5.32 Å². The third-order valence-electron chi connectivity index (χ3n) is 3.84. The lowest BCUT2D eigenvalue weighted by Gasteiger charge is -2.07. The van der Waals surface area contributed by atoms with Crippen molar-refractivity contribution in [2.45, 2.75) is 13.5 Å². The standard InChI is InChI=1S/C18H15N5O2S/c1-2-23-11-19-21-17(23)12-5-3-6-13(9-12)20-18(24)14-10-15(25-22-14)16-7-4-8-26-16/h3-11H,2H2,1H3,(H,20,24). The van der Waals surface area contributed by atoms with Gasteiger partial charge in [0.2, 0.25) is 0 Å². The largest absolute Gasteiger partial charge is 0.355 e. The number of carbonyl (C=O) groups is 1. The molecule has 0 bridgehead atoms. The van der Waals surface area contributed by atoms with Crippen molar-refractivity contribution in [1.29, 1.82) is 0 Å². The summed E-state index contributed by atoms with van der Waals surface area (Å²) in [4.78, 5) is 13.4. The normalized spacial score (nSPS) is 10.8. The van der Waals surface area contributed by atoms with E-state index in [2.05, 4.69) is 20.7 Å². The molecule has 3 heterocycles. The maximum Gasteiger partial charge on any atom is 0.277 e. The number of rotatable bonds is 5. The Morgan fingerprint density at radius 2 is 2.19 bits per heavy atom. The maximum absolute atomic E-state index is 12.5. The van der Waals surface area contributed by atoms with E-state index < -0.39 is 0 Å². The van der Waals surface area contributed by atoms with Gasteiger partial charge in [-0.2, -0.15) is 0 Å². The van der Waals surface area contributed by atoms with Crippen LogP contribution in [0.25, 0.3) is 22.0 Å². The highest BCUT2D eigenvalue weighted by Gasteiger charge is 2.15. The molecule has 1 N–H and O–H groups in total. The highest BCUT2D eigenvalue weighted by Crippen LogP contribution is 2.26. The van der Waals surface area contributed by atoms with Crippen molar-refractivity contribution in [1.82, 2.24) is 19.9 Å². The van der Waals surface area contributed by atoms with Gasteiger partial charge in [0.25, 0.3) is 5.91 Å². The minimum absolute atomic E-state index is 0.232. The molecular weight excluding hydrogens is 350 g/mol. The predicted molar refractivity (Wildman–Crippen MR) is 98.9 cm³/mol. The molecule has 8 heteroatoms. The molecule has 0 aliphatic rings. The number of amides is 1. The SMILES string of the molecule is CCn1cnnc1-c1cccc(NC(=O)c2cc(-c3cccs3)on2)c1. The van der Waals surface area contributed by atoms with E-state index in [0.717, 1.165) is 22.8 Å². The first kappa shape index (κ1) is 16.2. The number of nitrogens with zero attached hydrogens (tertiary/aromatic N) is 4. The third kappa shape index (κ3) is 3.14. The van der Waals surface area contributed by atoms with E-state index in [1.54, 1.807) is 12.4 Å². The summed E-state index contributed by atoms with van der Waals surface area (Å²) in [5.74, 6) is 1.01. The van der Waals surface area contributed by atoms with E-state index in [-0.39, 0.29) is 11.6 Å². The Balaban J connectivity index is 1.54. The first-order valence-electron chi connectivity index (χ1n) is 8.05. The number of hydrogen-bond acceptors (Lipinski definition) is 6. The molecule has 4 rings (SSSR count). The van der Waals surface area contributed by atoms with Crippen molar-refractivity contribution in [2.24, 2.45) is 0 Å². The van der Waals surface area contributed by atoms with Crippen LogP contribution < -0.4 is 5.32 Å². The molecule has 7 nitrogen and oxygen atoms in total. The second-order valence-electron chi connectivity index (χ2n) is 5.53. The average molecular weight is 365 g/mol. The first-order valence-corrected chi connectivity index (χ1v) is 8.92. The Hall–Kier alpha value is -3.26. The molecule has 1 aromatic carbocycles. The van der Waals surface area contributed by atoms with Crippen LogP contribution in [0.15, 0.2) is 58.7 Å². The van der Waals surface area contributed by atoms with Gasteiger partial charge in [-0.15, -0.1) is 21.5 Å². The van der Waals surface area contributed by atoms with Gasteiger partial charge in [0.05, 0.1) is 4.88 Å². The summed E-state index contributed by atoms with van der Waals surface area (Å²) in [7, 11) is 0. The molecule has 0 fully saturated rings. The van der Waals surface area contributed by atoms with Gasteiger partial charge in [0, 0.05) is 23.9 Å². The fraction of sp³-hybridized carbons (Fsp3) is 0.111. The Labute approximate surface area is 153 Å². The van der Waals surface area contributed by atoms with Gasteiger partial charge >= 0.3 is 0 Å². The van der Waals surface area contributed by atoms with Crippen molar-refractivity contribution in [3.63, 3.8) is 0 Å². The summed E-state index contributed by atoms with van der Waals surface area (Å²) in [5, 5.41) is 16.7. The molecule has 0 radical (unpaired) electrons. The van der Waals surface area contributed by atoms with Crippen molar-refractivity contribution in [3.05, 3.63) is 59.9 Å². The monoisotopic (exact) mass is 365 g/mol. The molecule has 0 saturated heterocycles. The molecule has 0 atom stereocenters. The number of aromatic nitrogens is 4. The van der Waals surface area contributed by atoms with E-state index >= 15 is 0 Å². The van der Waals surface area contributed by atoms with Gasteiger partial charge in [-0.25, -0.2) is 0 Å². The minimum Gasteiger partial charge on any atom is -0.355 e. The van der Waals surface area contributed by atoms with Crippen LogP contribution in [0.4, 0.5) is 5.69 Å². The molecule has 3 aromatic heterocycles. The Morgan fingerprint density at radius 1 is 1.27 bits per heavy atom. The van der Waals surface area contributed by atoms with Crippen LogP contribution in [0.2, 0.25) is 0 Å². The maximum atomic E-state index is 12.5. The molecule has 1 amide bonds. The van der Waals surface area contributed by atoms with Crippen LogP contribution in [0.1, 0.15) is 17.4 Å². The number of thiophene rings is 1. The van der Waals surface area contributed by atoms with Gasteiger partial charge < -0.3 is 14.4 Å². The summed E-state index contributed by atoms with van der Waals surface area (Å²) in [6.07, 6.45) is 1.68. The molecule has 0 saturated carbocycles. The number of anilines is 1. The van der Waals surface area contributed by atoms with Gasteiger partial charge in [0.1, 0.15) is 6.33 Å². The molecule has 26 heavy (non-hydrogen) atoms. The molecule has 0 unspecified atom stereocenters. The Bertz CT molecular complexity index is 1040. The van der Waals surface area contributed by atoms with Crippen molar-refractivity contribution >= 4 is 22.9 Å². The molecule has 0 aliphatic heterocycles. The number of carbonyl (C=O) groups excluding carboxylic acids is 1. The number of aryl methyl sites for hydroxylation is 1. The van der Waals surface area contributed by atoms with E-state index in [1.807, 2.05) is 53.3 Å². The van der Waals surface area contributed by atoms with Gasteiger partial charge in [-0.1, -0.05) is 23.4 Å². The lowest BCUT2D eigenvalue weighted by Crippen LogP contribution is -2.12. The second kappa shape index (κ2) is 6.93. The minimum atomic E-state index is -0.328. The second-order valence-corrected chi connectivity index (χ2v) is 6.48. The number of nitrogens with one attached hydrogen (secondary N) is 1. The van der Waals surface area contributed by atoms with Crippen LogP contribution in [-0.2, 0) is 6.54 Å². The zero-order chi connectivity index (χ0) is 17.9. The smallest absolute Gasteiger partial charge is 0.277 e. The van der Waals surface area contributed by atoms with E-state index in [0.29, 0.717) is 11.4 Å². The zero-order valence-corrected chi connectivity index (χ0v) is 14.7. The fourth-order valence-electron chi connectivity index (χ4n) is 2.56. The number of hydrogen-bond donors (Lipinski definition) is 1. The topological polar surface area (TPSA) is 85.8 Å². The highest BCUT2D eigenvalue weighted by molar-refractivity contribution is 7.13. The lowest BCUT2D eigenvalue weighted by molar-refractivity contribution is 0.101. The molecule has 0 spiro atoms. The lowest BCUT2D eigenvalue weighted by atomic mass is 10.2. The average Bonchev–Trinajstić information content (AvgIpc) is 3.42. The molecule has 130 valence electrons. The molecular formula is C18H15N5O2S. The summed E-state index contributed by atoms with van der Waals surface area (Å²) < 4.78 is 7.20. The predicted octanol–water partition coefficient (Wildman–Crippen LogP) is 3.93. The van der Waals surface area contributed by atoms with Gasteiger partial charge in [-0.05, 0) is 30.5 Å².